The van der Waals surface area contributed by atoms with Crippen LogP contribution in [-0.4, -0.2) is 41.8 Å². The zero-order chi connectivity index (χ0) is 13.9. The van der Waals surface area contributed by atoms with E-state index >= 15 is 0 Å². The SMILES string of the molecule is CC(Nc1ncc(N)cc1C(N)=O)C(=O)N(C)C. The summed E-state index contributed by atoms with van der Waals surface area (Å²) in [5, 5.41) is 2.84. The molecule has 0 spiro atoms. The number of aromatic nitrogens is 1. The Kier molecular flexibility index (Phi) is 4.09. The van der Waals surface area contributed by atoms with Gasteiger partial charge in [-0.15, -0.1) is 0 Å². The normalized spacial score (nSPS) is 11.7. The molecule has 1 aromatic heterocycles. The van der Waals surface area contributed by atoms with Gasteiger partial charge in [0.2, 0.25) is 5.91 Å². The van der Waals surface area contributed by atoms with Crippen LogP contribution in [-0.2, 0) is 4.79 Å². The number of pyridine rings is 1. The second-order valence-corrected chi connectivity index (χ2v) is 4.13. The zero-order valence-electron chi connectivity index (χ0n) is 10.6. The number of primary amides is 1. The fraction of sp³-hybridized carbons (Fsp3) is 0.364. The van der Waals surface area contributed by atoms with Crippen LogP contribution in [0.5, 0.6) is 0 Å². The number of nitrogens with two attached hydrogens (primary N) is 2. The van der Waals surface area contributed by atoms with Crippen LogP contribution >= 0.6 is 0 Å². The van der Waals surface area contributed by atoms with Crippen molar-refractivity contribution < 1.29 is 9.59 Å². The molecule has 1 aromatic rings. The van der Waals surface area contributed by atoms with E-state index in [-0.39, 0.29) is 17.3 Å². The van der Waals surface area contributed by atoms with Crippen molar-refractivity contribution in [2.24, 2.45) is 5.73 Å². The van der Waals surface area contributed by atoms with Gasteiger partial charge in [-0.1, -0.05) is 0 Å². The molecule has 0 saturated heterocycles. The number of nitrogens with zero attached hydrogens (tertiary/aromatic N) is 2. The second kappa shape index (κ2) is 5.35. The fourth-order valence-corrected chi connectivity index (χ4v) is 1.44. The Bertz CT molecular complexity index is 473. The van der Waals surface area contributed by atoms with Crippen LogP contribution in [0.25, 0.3) is 0 Å². The largest absolute Gasteiger partial charge is 0.397 e. The van der Waals surface area contributed by atoms with Gasteiger partial charge >= 0.3 is 0 Å². The Labute approximate surface area is 105 Å². The molecular formula is C11H17N5O2. The number of hydrogen-bond acceptors (Lipinski definition) is 5. The van der Waals surface area contributed by atoms with Gasteiger partial charge in [-0.3, -0.25) is 9.59 Å². The molecule has 0 radical (unpaired) electrons. The van der Waals surface area contributed by atoms with E-state index in [1.807, 2.05) is 0 Å². The molecule has 1 unspecified atom stereocenters. The molecule has 1 rings (SSSR count). The smallest absolute Gasteiger partial charge is 0.252 e. The maximum Gasteiger partial charge on any atom is 0.252 e. The monoisotopic (exact) mass is 251 g/mol. The van der Waals surface area contributed by atoms with Crippen LogP contribution in [0.2, 0.25) is 0 Å². The van der Waals surface area contributed by atoms with E-state index in [1.54, 1.807) is 21.0 Å². The highest BCUT2D eigenvalue weighted by Gasteiger charge is 2.18. The van der Waals surface area contributed by atoms with Crippen LogP contribution in [0.15, 0.2) is 12.3 Å². The zero-order valence-corrected chi connectivity index (χ0v) is 10.6. The van der Waals surface area contributed by atoms with Crippen molar-refractivity contribution in [2.75, 3.05) is 25.1 Å². The molecule has 0 fully saturated rings. The van der Waals surface area contributed by atoms with Crippen molar-refractivity contribution in [2.45, 2.75) is 13.0 Å². The first kappa shape index (κ1) is 13.8. The van der Waals surface area contributed by atoms with Crippen LogP contribution in [0.3, 0.4) is 0 Å². The Balaban J connectivity index is 2.97. The van der Waals surface area contributed by atoms with E-state index < -0.39 is 11.9 Å². The number of carbonyl (C=O) groups excluding carboxylic acids is 2. The minimum Gasteiger partial charge on any atom is -0.397 e. The molecule has 2 amide bonds. The first-order chi connectivity index (χ1) is 8.32. The van der Waals surface area contributed by atoms with Crippen molar-refractivity contribution >= 4 is 23.3 Å². The molecule has 0 aromatic carbocycles. The summed E-state index contributed by atoms with van der Waals surface area (Å²) in [6.45, 7) is 1.67. The fourth-order valence-electron chi connectivity index (χ4n) is 1.44. The molecule has 98 valence electrons. The van der Waals surface area contributed by atoms with Crippen molar-refractivity contribution in [1.82, 2.24) is 9.88 Å². The maximum atomic E-state index is 11.7. The van der Waals surface area contributed by atoms with Gasteiger partial charge in [0, 0.05) is 14.1 Å². The predicted molar refractivity (Wildman–Crippen MR) is 68.9 cm³/mol. The lowest BCUT2D eigenvalue weighted by Crippen LogP contribution is -2.37. The Morgan fingerprint density at radius 1 is 1.44 bits per heavy atom. The molecule has 5 N–H and O–H groups in total. The van der Waals surface area contributed by atoms with Crippen molar-refractivity contribution in [3.05, 3.63) is 17.8 Å². The Hall–Kier alpha value is -2.31. The number of likely N-dealkylation sites (N-methyl/N-ethyl adjacent to an activating group) is 1. The average Bonchev–Trinajstić information content (AvgIpc) is 2.29. The molecule has 0 aliphatic heterocycles. The van der Waals surface area contributed by atoms with Crippen LogP contribution in [0.1, 0.15) is 17.3 Å². The van der Waals surface area contributed by atoms with Crippen molar-refractivity contribution in [1.29, 1.82) is 0 Å². The number of nitrogens with one attached hydrogen (secondary N) is 1. The highest BCUT2D eigenvalue weighted by atomic mass is 16.2. The van der Waals surface area contributed by atoms with Gasteiger partial charge in [0.1, 0.15) is 11.9 Å². The third-order valence-corrected chi connectivity index (χ3v) is 2.34. The number of hydrogen-bond donors (Lipinski definition) is 3. The summed E-state index contributed by atoms with van der Waals surface area (Å²) in [6, 6.07) is 0.902. The number of rotatable bonds is 4. The van der Waals surface area contributed by atoms with E-state index in [0.717, 1.165) is 0 Å². The summed E-state index contributed by atoms with van der Waals surface area (Å²) in [5.41, 5.74) is 11.3. The van der Waals surface area contributed by atoms with Gasteiger partial charge in [0.15, 0.2) is 0 Å². The van der Waals surface area contributed by atoms with Crippen molar-refractivity contribution in [3.63, 3.8) is 0 Å². The van der Waals surface area contributed by atoms with Gasteiger partial charge in [0.25, 0.3) is 5.91 Å². The van der Waals surface area contributed by atoms with Gasteiger partial charge < -0.3 is 21.7 Å². The Morgan fingerprint density at radius 2 is 2.06 bits per heavy atom. The molecule has 1 atom stereocenters. The lowest BCUT2D eigenvalue weighted by atomic mass is 10.2. The third-order valence-electron chi connectivity index (χ3n) is 2.34. The second-order valence-electron chi connectivity index (χ2n) is 4.13. The summed E-state index contributed by atoms with van der Waals surface area (Å²) in [5.74, 6) is -0.537. The lowest BCUT2D eigenvalue weighted by molar-refractivity contribution is -0.129. The molecule has 0 aliphatic rings. The highest BCUT2D eigenvalue weighted by Crippen LogP contribution is 2.16. The van der Waals surface area contributed by atoms with E-state index in [1.165, 1.54) is 17.2 Å². The maximum absolute atomic E-state index is 11.7. The Morgan fingerprint density at radius 3 is 2.56 bits per heavy atom. The quantitative estimate of drug-likeness (QED) is 0.676. The summed E-state index contributed by atoms with van der Waals surface area (Å²) < 4.78 is 0. The number of carbonyl (C=O) groups is 2. The first-order valence-corrected chi connectivity index (χ1v) is 5.36. The van der Waals surface area contributed by atoms with Gasteiger partial charge in [-0.05, 0) is 13.0 Å². The van der Waals surface area contributed by atoms with E-state index in [0.29, 0.717) is 5.69 Å². The molecule has 0 aliphatic carbocycles. The molecule has 1 heterocycles. The molecular weight excluding hydrogens is 234 g/mol. The van der Waals surface area contributed by atoms with E-state index in [9.17, 15) is 9.59 Å². The van der Waals surface area contributed by atoms with Gasteiger partial charge in [-0.25, -0.2) is 4.98 Å². The van der Waals surface area contributed by atoms with E-state index in [4.69, 9.17) is 11.5 Å². The topological polar surface area (TPSA) is 114 Å². The molecule has 0 saturated carbocycles. The van der Waals surface area contributed by atoms with Crippen LogP contribution in [0, 0.1) is 0 Å². The predicted octanol–water partition coefficient (Wildman–Crippen LogP) is -0.349. The lowest BCUT2D eigenvalue weighted by Gasteiger charge is -2.19. The van der Waals surface area contributed by atoms with E-state index in [2.05, 4.69) is 10.3 Å². The third kappa shape index (κ3) is 3.09. The highest BCUT2D eigenvalue weighted by molar-refractivity contribution is 5.99. The summed E-state index contributed by atoms with van der Waals surface area (Å²) >= 11 is 0. The standard InChI is InChI=1S/C11H17N5O2/c1-6(11(18)16(2)3)15-10-8(9(13)17)4-7(12)5-14-10/h4-6H,12H2,1-3H3,(H2,13,17)(H,14,15). The number of amides is 2. The van der Waals surface area contributed by atoms with Gasteiger partial charge in [0.05, 0.1) is 17.4 Å². The summed E-state index contributed by atoms with van der Waals surface area (Å²) in [7, 11) is 3.29. The van der Waals surface area contributed by atoms with Crippen LogP contribution in [0.4, 0.5) is 11.5 Å². The minimum absolute atomic E-state index is 0.135. The summed E-state index contributed by atoms with van der Waals surface area (Å²) in [4.78, 5) is 28.4. The minimum atomic E-state index is -0.651. The summed E-state index contributed by atoms with van der Waals surface area (Å²) in [6.07, 6.45) is 1.39. The molecule has 18 heavy (non-hydrogen) atoms. The molecule has 7 heteroatoms. The number of nitrogen functional groups attached to an aromatic ring is 1. The van der Waals surface area contributed by atoms with Crippen LogP contribution < -0.4 is 16.8 Å². The molecule has 7 nitrogen and oxygen atoms in total. The molecule has 0 bridgehead atoms. The first-order valence-electron chi connectivity index (χ1n) is 5.36. The van der Waals surface area contributed by atoms with Gasteiger partial charge in [-0.2, -0.15) is 0 Å². The number of anilines is 2. The average molecular weight is 251 g/mol. The van der Waals surface area contributed by atoms with Crippen molar-refractivity contribution in [3.8, 4) is 0 Å².